The minimum absolute atomic E-state index is 0.0860. The van der Waals surface area contributed by atoms with E-state index < -0.39 is 23.4 Å². The summed E-state index contributed by atoms with van der Waals surface area (Å²) in [6, 6.07) is 12.7. The Kier molecular flexibility index (Phi) is 6.70. The number of ether oxygens (including phenoxy) is 2. The Balaban J connectivity index is 1.81. The van der Waals surface area contributed by atoms with Crippen LogP contribution in [0.25, 0.3) is 0 Å². The predicted octanol–water partition coefficient (Wildman–Crippen LogP) is 3.45. The molecule has 0 bridgehead atoms. The Bertz CT molecular complexity index is 856. The van der Waals surface area contributed by atoms with Gasteiger partial charge in [-0.15, -0.1) is 0 Å². The summed E-state index contributed by atoms with van der Waals surface area (Å²) >= 11 is 0. The summed E-state index contributed by atoms with van der Waals surface area (Å²) in [5.41, 5.74) is 1.09. The number of para-hydroxylation sites is 1. The highest BCUT2D eigenvalue weighted by molar-refractivity contribution is 5.92. The second-order valence-electron chi connectivity index (χ2n) is 7.05. The first-order chi connectivity index (χ1) is 13.2. The Morgan fingerprint density at radius 3 is 2.29 bits per heavy atom. The fraction of sp³-hybridized carbons (Fsp3) is 0.300. The molecule has 0 heterocycles. The minimum atomic E-state index is -0.678. The molecule has 0 spiro atoms. The molecule has 148 valence electrons. The van der Waals surface area contributed by atoms with Crippen LogP contribution in [-0.4, -0.2) is 30.0 Å². The van der Waals surface area contributed by atoms with Crippen LogP contribution in [0.15, 0.2) is 48.5 Å². The average Bonchev–Trinajstić information content (AvgIpc) is 2.64. The van der Waals surface area contributed by atoms with Gasteiger partial charge in [-0.1, -0.05) is 39.0 Å². The third-order valence-electron chi connectivity index (χ3n) is 3.77. The molecule has 0 saturated heterocycles. The first-order valence-corrected chi connectivity index (χ1v) is 8.59. The number of nitro groups is 1. The molecule has 0 fully saturated rings. The molecule has 0 radical (unpaired) electrons. The maximum Gasteiger partial charge on any atom is 0.344 e. The number of anilines is 1. The topological polar surface area (TPSA) is 108 Å². The van der Waals surface area contributed by atoms with Crippen molar-refractivity contribution in [2.45, 2.75) is 26.2 Å². The highest BCUT2D eigenvalue weighted by Gasteiger charge is 2.19. The van der Waals surface area contributed by atoms with Crippen molar-refractivity contribution in [2.24, 2.45) is 0 Å². The molecule has 0 aromatic heterocycles. The van der Waals surface area contributed by atoms with Crippen molar-refractivity contribution >= 4 is 23.3 Å². The van der Waals surface area contributed by atoms with Crippen molar-refractivity contribution in [3.8, 4) is 5.75 Å². The number of carbonyl (C=O) groups excluding carboxylic acids is 2. The molecule has 2 rings (SSSR count). The number of hydrogen-bond acceptors (Lipinski definition) is 6. The first-order valence-electron chi connectivity index (χ1n) is 8.59. The number of nitrogens with one attached hydrogen (secondary N) is 1. The summed E-state index contributed by atoms with van der Waals surface area (Å²) in [5, 5.41) is 13.1. The number of nitrogens with zero attached hydrogens (tertiary/aromatic N) is 1. The van der Waals surface area contributed by atoms with Crippen LogP contribution in [0, 0.1) is 10.1 Å². The maximum absolute atomic E-state index is 11.9. The van der Waals surface area contributed by atoms with Gasteiger partial charge in [-0.05, 0) is 29.2 Å². The summed E-state index contributed by atoms with van der Waals surface area (Å²) in [5.74, 6) is -0.651. The van der Waals surface area contributed by atoms with Crippen LogP contribution in [0.2, 0.25) is 0 Å². The number of carbonyl (C=O) groups is 2. The molecule has 0 unspecified atom stereocenters. The van der Waals surface area contributed by atoms with Crippen LogP contribution in [0.4, 0.5) is 11.4 Å². The van der Waals surface area contributed by atoms with Crippen LogP contribution in [0.3, 0.4) is 0 Å². The standard InChI is InChI=1S/C20H22N2O6/c1-20(2,3)16-6-4-5-7-17(16)27-13-19(24)28-12-18(23)21-14-8-10-15(11-9-14)22(25)26/h4-11H,12-13H2,1-3H3,(H,21,23). The van der Waals surface area contributed by atoms with Crippen LogP contribution in [0.1, 0.15) is 26.3 Å². The molecule has 28 heavy (non-hydrogen) atoms. The van der Waals surface area contributed by atoms with E-state index in [0.29, 0.717) is 11.4 Å². The molecule has 2 aromatic carbocycles. The van der Waals surface area contributed by atoms with Gasteiger partial charge in [0.05, 0.1) is 4.92 Å². The van der Waals surface area contributed by atoms with Crippen LogP contribution >= 0.6 is 0 Å². The molecule has 1 amide bonds. The van der Waals surface area contributed by atoms with Gasteiger partial charge < -0.3 is 14.8 Å². The normalized spacial score (nSPS) is 10.8. The molecule has 1 N–H and O–H groups in total. The number of hydrogen-bond donors (Lipinski definition) is 1. The molecule has 8 heteroatoms. The number of rotatable bonds is 7. The molecular weight excluding hydrogens is 364 g/mol. The summed E-state index contributed by atoms with van der Waals surface area (Å²) in [6.07, 6.45) is 0. The molecule has 8 nitrogen and oxygen atoms in total. The number of amides is 1. The Morgan fingerprint density at radius 1 is 1.04 bits per heavy atom. The lowest BCUT2D eigenvalue weighted by Gasteiger charge is -2.22. The van der Waals surface area contributed by atoms with Crippen molar-refractivity contribution in [1.29, 1.82) is 0 Å². The van der Waals surface area contributed by atoms with Gasteiger partial charge in [-0.2, -0.15) is 0 Å². The van der Waals surface area contributed by atoms with Gasteiger partial charge in [0.2, 0.25) is 0 Å². The van der Waals surface area contributed by atoms with E-state index in [1.807, 2.05) is 39.0 Å². The number of nitro benzene ring substituents is 1. The molecular formula is C20H22N2O6. The highest BCUT2D eigenvalue weighted by atomic mass is 16.6. The van der Waals surface area contributed by atoms with Crippen molar-refractivity contribution in [3.05, 3.63) is 64.2 Å². The maximum atomic E-state index is 11.9. The van der Waals surface area contributed by atoms with E-state index >= 15 is 0 Å². The van der Waals surface area contributed by atoms with Gasteiger partial charge in [-0.3, -0.25) is 14.9 Å². The summed E-state index contributed by atoms with van der Waals surface area (Å²) in [6.45, 7) is 5.31. The second-order valence-corrected chi connectivity index (χ2v) is 7.05. The van der Waals surface area contributed by atoms with Gasteiger partial charge in [-0.25, -0.2) is 4.79 Å². The zero-order chi connectivity index (χ0) is 20.7. The average molecular weight is 386 g/mol. The van der Waals surface area contributed by atoms with E-state index in [4.69, 9.17) is 9.47 Å². The lowest BCUT2D eigenvalue weighted by molar-refractivity contribution is -0.384. The third kappa shape index (κ3) is 6.08. The molecule has 0 atom stereocenters. The number of non-ortho nitro benzene ring substituents is 1. The quantitative estimate of drug-likeness (QED) is 0.444. The van der Waals surface area contributed by atoms with Gasteiger partial charge in [0.25, 0.3) is 11.6 Å². The predicted molar refractivity (Wildman–Crippen MR) is 103 cm³/mol. The molecule has 0 aliphatic rings. The van der Waals surface area contributed by atoms with Crippen molar-refractivity contribution in [1.82, 2.24) is 0 Å². The fourth-order valence-electron chi connectivity index (χ4n) is 2.40. The zero-order valence-electron chi connectivity index (χ0n) is 15.9. The van der Waals surface area contributed by atoms with Crippen LogP contribution in [0.5, 0.6) is 5.75 Å². The van der Waals surface area contributed by atoms with Crippen molar-refractivity contribution in [3.63, 3.8) is 0 Å². The smallest absolute Gasteiger partial charge is 0.344 e. The highest BCUT2D eigenvalue weighted by Crippen LogP contribution is 2.30. The minimum Gasteiger partial charge on any atom is -0.482 e. The Hall–Kier alpha value is -3.42. The SMILES string of the molecule is CC(C)(C)c1ccccc1OCC(=O)OCC(=O)Nc1ccc([N+](=O)[O-])cc1. The van der Waals surface area contributed by atoms with Gasteiger partial charge >= 0.3 is 5.97 Å². The summed E-state index contributed by atoms with van der Waals surface area (Å²) in [7, 11) is 0. The van der Waals surface area contributed by atoms with Crippen LogP contribution in [-0.2, 0) is 19.7 Å². The third-order valence-corrected chi connectivity index (χ3v) is 3.77. The zero-order valence-corrected chi connectivity index (χ0v) is 15.9. The van der Waals surface area contributed by atoms with Crippen molar-refractivity contribution in [2.75, 3.05) is 18.5 Å². The van der Waals surface area contributed by atoms with E-state index in [-0.39, 0.29) is 17.7 Å². The number of esters is 1. The van der Waals surface area contributed by atoms with Gasteiger partial charge in [0.15, 0.2) is 13.2 Å². The first kappa shape index (κ1) is 20.9. The lowest BCUT2D eigenvalue weighted by Crippen LogP contribution is -2.24. The summed E-state index contributed by atoms with van der Waals surface area (Å²) < 4.78 is 10.4. The largest absolute Gasteiger partial charge is 0.482 e. The van der Waals surface area contributed by atoms with E-state index in [9.17, 15) is 19.7 Å². The molecule has 2 aromatic rings. The molecule has 0 saturated carbocycles. The Labute approximate surface area is 162 Å². The summed E-state index contributed by atoms with van der Waals surface area (Å²) in [4.78, 5) is 33.7. The lowest BCUT2D eigenvalue weighted by atomic mass is 9.86. The van der Waals surface area contributed by atoms with E-state index in [1.54, 1.807) is 6.07 Å². The Morgan fingerprint density at radius 2 is 1.68 bits per heavy atom. The van der Waals surface area contributed by atoms with E-state index in [2.05, 4.69) is 5.32 Å². The molecule has 0 aliphatic carbocycles. The van der Waals surface area contributed by atoms with E-state index in [1.165, 1.54) is 24.3 Å². The van der Waals surface area contributed by atoms with E-state index in [0.717, 1.165) is 5.56 Å². The second kappa shape index (κ2) is 8.98. The van der Waals surface area contributed by atoms with Crippen molar-refractivity contribution < 1.29 is 24.0 Å². The monoisotopic (exact) mass is 386 g/mol. The van der Waals surface area contributed by atoms with Gasteiger partial charge in [0, 0.05) is 17.8 Å². The van der Waals surface area contributed by atoms with Gasteiger partial charge in [0.1, 0.15) is 5.75 Å². The number of benzene rings is 2. The fourth-order valence-corrected chi connectivity index (χ4v) is 2.40. The molecule has 0 aliphatic heterocycles. The van der Waals surface area contributed by atoms with Crippen LogP contribution < -0.4 is 10.1 Å².